The van der Waals surface area contributed by atoms with Crippen LogP contribution in [-0.2, 0) is 15.6 Å². The summed E-state index contributed by atoms with van der Waals surface area (Å²) >= 11 is 0. The first-order valence-electron chi connectivity index (χ1n) is 12.1. The van der Waals surface area contributed by atoms with Gasteiger partial charge in [-0.25, -0.2) is 0 Å². The van der Waals surface area contributed by atoms with E-state index < -0.39 is 6.10 Å². The van der Waals surface area contributed by atoms with E-state index in [1.54, 1.807) is 6.08 Å². The van der Waals surface area contributed by atoms with E-state index in [4.69, 9.17) is 0 Å². The highest BCUT2D eigenvalue weighted by Gasteiger charge is 2.37. The van der Waals surface area contributed by atoms with Crippen LogP contribution in [0.3, 0.4) is 0 Å². The van der Waals surface area contributed by atoms with Gasteiger partial charge in [-0.15, -0.1) is 0 Å². The van der Waals surface area contributed by atoms with Crippen LogP contribution in [0.25, 0.3) is 5.57 Å². The highest BCUT2D eigenvalue weighted by Crippen LogP contribution is 2.47. The number of benzene rings is 1. The minimum Gasteiger partial charge on any atom is -0.389 e. The molecule has 3 aliphatic carbocycles. The average molecular weight is 444 g/mol. The van der Waals surface area contributed by atoms with Crippen LogP contribution in [0, 0.1) is 12.8 Å². The summed E-state index contributed by atoms with van der Waals surface area (Å²) in [5.74, 6) is -0.273. The van der Waals surface area contributed by atoms with E-state index in [0.29, 0.717) is 18.5 Å². The zero-order chi connectivity index (χ0) is 24.0. The lowest BCUT2D eigenvalue weighted by Crippen LogP contribution is -2.34. The molecular formula is C30H37NO2. The number of amides is 1. The normalized spacial score (nSPS) is 25.0. The Hall–Kier alpha value is -2.65. The number of carbonyl (C=O) groups excluding carboxylic acids is 1. The van der Waals surface area contributed by atoms with Gasteiger partial charge in [-0.1, -0.05) is 70.7 Å². The Bertz CT molecular complexity index is 1110. The molecule has 2 unspecified atom stereocenters. The quantitative estimate of drug-likeness (QED) is 0.584. The van der Waals surface area contributed by atoms with Crippen molar-refractivity contribution in [2.75, 3.05) is 0 Å². The lowest BCUT2D eigenvalue weighted by atomic mass is 9.62. The van der Waals surface area contributed by atoms with E-state index in [0.717, 1.165) is 11.1 Å². The van der Waals surface area contributed by atoms with Gasteiger partial charge < -0.3 is 10.4 Å². The van der Waals surface area contributed by atoms with Crippen molar-refractivity contribution in [3.05, 3.63) is 88.7 Å². The second kappa shape index (κ2) is 8.61. The molecule has 0 radical (unpaired) electrons. The SMILES string of the molecule is C=C(C1=CCC(C(=O)NC2=CC(O)CC=C2)C=C1)c1cc2c(cc1C)C(C)(C)CCC2(C)C. The molecule has 3 nitrogen and oxygen atoms in total. The third-order valence-electron chi connectivity index (χ3n) is 7.62. The molecule has 174 valence electrons. The first-order chi connectivity index (χ1) is 15.5. The fourth-order valence-corrected chi connectivity index (χ4v) is 5.22. The molecule has 3 heteroatoms. The fraction of sp³-hybridized carbons (Fsp3) is 0.433. The predicted molar refractivity (Wildman–Crippen MR) is 137 cm³/mol. The molecule has 0 aliphatic heterocycles. The van der Waals surface area contributed by atoms with Crippen molar-refractivity contribution in [3.63, 3.8) is 0 Å². The molecule has 33 heavy (non-hydrogen) atoms. The van der Waals surface area contributed by atoms with E-state index in [9.17, 15) is 9.90 Å². The van der Waals surface area contributed by atoms with Gasteiger partial charge in [-0.3, -0.25) is 4.79 Å². The second-order valence-corrected chi connectivity index (χ2v) is 11.1. The highest BCUT2D eigenvalue weighted by atomic mass is 16.3. The van der Waals surface area contributed by atoms with Crippen LogP contribution in [0.1, 0.15) is 75.6 Å². The van der Waals surface area contributed by atoms with Gasteiger partial charge in [0, 0.05) is 5.70 Å². The summed E-state index contributed by atoms with van der Waals surface area (Å²) in [5, 5.41) is 12.7. The predicted octanol–water partition coefficient (Wildman–Crippen LogP) is 6.18. The summed E-state index contributed by atoms with van der Waals surface area (Å²) < 4.78 is 0. The minimum atomic E-state index is -0.530. The number of fused-ring (bicyclic) bond motifs is 1. The smallest absolute Gasteiger partial charge is 0.231 e. The van der Waals surface area contributed by atoms with Gasteiger partial charge in [0.15, 0.2) is 0 Å². The monoisotopic (exact) mass is 443 g/mol. The van der Waals surface area contributed by atoms with E-state index >= 15 is 0 Å². The molecule has 0 saturated carbocycles. The van der Waals surface area contributed by atoms with Crippen LogP contribution in [0.2, 0.25) is 0 Å². The summed E-state index contributed by atoms with van der Waals surface area (Å²) in [6, 6.07) is 4.74. The maximum atomic E-state index is 12.7. The summed E-state index contributed by atoms with van der Waals surface area (Å²) in [7, 11) is 0. The molecule has 0 aromatic heterocycles. The van der Waals surface area contributed by atoms with Crippen molar-refractivity contribution < 1.29 is 9.90 Å². The van der Waals surface area contributed by atoms with Crippen LogP contribution < -0.4 is 5.32 Å². The Labute approximate surface area is 198 Å². The van der Waals surface area contributed by atoms with Crippen LogP contribution >= 0.6 is 0 Å². The van der Waals surface area contributed by atoms with Gasteiger partial charge in [0.1, 0.15) is 0 Å². The number of rotatable bonds is 4. The van der Waals surface area contributed by atoms with Crippen LogP contribution in [0.4, 0.5) is 0 Å². The van der Waals surface area contributed by atoms with Crippen molar-refractivity contribution in [1.29, 1.82) is 0 Å². The van der Waals surface area contributed by atoms with Crippen LogP contribution in [0.5, 0.6) is 0 Å². The molecule has 1 aromatic rings. The average Bonchev–Trinajstić information content (AvgIpc) is 2.76. The van der Waals surface area contributed by atoms with Crippen molar-refractivity contribution in [2.45, 2.75) is 77.2 Å². The Balaban J connectivity index is 1.52. The van der Waals surface area contributed by atoms with Gasteiger partial charge in [0.25, 0.3) is 0 Å². The molecule has 0 fully saturated rings. The third kappa shape index (κ3) is 4.70. The molecule has 1 aromatic carbocycles. The standard InChI is InChI=1S/C30H37NO2/c1-19-16-26-27(30(5,6)15-14-29(26,3)4)18-25(19)20(2)21-10-12-22(13-11-21)28(33)31-23-8-7-9-24(32)17-23/h7-8,10-12,16-18,22,24,32H,2,9,13-15H2,1,3-6H3,(H,31,33). The second-order valence-electron chi connectivity index (χ2n) is 11.1. The zero-order valence-electron chi connectivity index (χ0n) is 20.7. The number of nitrogens with one attached hydrogen (secondary N) is 1. The molecule has 0 bridgehead atoms. The van der Waals surface area contributed by atoms with E-state index in [1.807, 2.05) is 24.3 Å². The lowest BCUT2D eigenvalue weighted by Gasteiger charge is -2.42. The summed E-state index contributed by atoms with van der Waals surface area (Å²) in [4.78, 5) is 12.7. The molecule has 2 N–H and O–H groups in total. The molecule has 0 saturated heterocycles. The molecule has 3 aliphatic rings. The molecular weight excluding hydrogens is 406 g/mol. The Morgan fingerprint density at radius 3 is 2.33 bits per heavy atom. The van der Waals surface area contributed by atoms with E-state index in [1.165, 1.54) is 35.1 Å². The van der Waals surface area contributed by atoms with Crippen molar-refractivity contribution in [2.24, 2.45) is 5.92 Å². The molecule has 2 atom stereocenters. The molecule has 1 amide bonds. The van der Waals surface area contributed by atoms with E-state index in [-0.39, 0.29) is 22.7 Å². The molecule has 4 rings (SSSR count). The summed E-state index contributed by atoms with van der Waals surface area (Å²) in [6.45, 7) is 16.0. The first kappa shape index (κ1) is 23.5. The lowest BCUT2D eigenvalue weighted by molar-refractivity contribution is -0.122. The number of aryl methyl sites for hydroxylation is 1. The van der Waals surface area contributed by atoms with Gasteiger partial charge in [0.2, 0.25) is 5.91 Å². The topological polar surface area (TPSA) is 49.3 Å². The largest absolute Gasteiger partial charge is 0.389 e. The van der Waals surface area contributed by atoms with Crippen LogP contribution in [0.15, 0.2) is 66.4 Å². The fourth-order valence-electron chi connectivity index (χ4n) is 5.22. The Morgan fingerprint density at radius 1 is 1.06 bits per heavy atom. The molecule has 0 heterocycles. The van der Waals surface area contributed by atoms with Crippen molar-refractivity contribution in [3.8, 4) is 0 Å². The Kier molecular flexibility index (Phi) is 6.13. The number of allylic oxidation sites excluding steroid dienone is 5. The molecule has 0 spiro atoms. The number of aliphatic hydroxyl groups excluding tert-OH is 1. The third-order valence-corrected chi connectivity index (χ3v) is 7.62. The van der Waals surface area contributed by atoms with Gasteiger partial charge in [-0.2, -0.15) is 0 Å². The van der Waals surface area contributed by atoms with E-state index in [2.05, 4.69) is 64.7 Å². The van der Waals surface area contributed by atoms with Gasteiger partial charge in [-0.05, 0) is 89.0 Å². The maximum Gasteiger partial charge on any atom is 0.231 e. The van der Waals surface area contributed by atoms with Crippen molar-refractivity contribution in [1.82, 2.24) is 5.32 Å². The van der Waals surface area contributed by atoms with Gasteiger partial charge in [0.05, 0.1) is 12.0 Å². The van der Waals surface area contributed by atoms with Gasteiger partial charge >= 0.3 is 0 Å². The maximum absolute atomic E-state index is 12.7. The number of hydrogen-bond donors (Lipinski definition) is 2. The number of carbonyl (C=O) groups is 1. The zero-order valence-corrected chi connectivity index (χ0v) is 20.7. The van der Waals surface area contributed by atoms with Crippen molar-refractivity contribution >= 4 is 11.5 Å². The Morgan fingerprint density at radius 2 is 1.73 bits per heavy atom. The summed E-state index contributed by atoms with van der Waals surface area (Å²) in [6.07, 6.45) is 14.6. The summed E-state index contributed by atoms with van der Waals surface area (Å²) in [5.41, 5.74) is 8.48. The minimum absolute atomic E-state index is 0.0499. The first-order valence-corrected chi connectivity index (χ1v) is 12.1. The number of hydrogen-bond acceptors (Lipinski definition) is 2. The highest BCUT2D eigenvalue weighted by molar-refractivity contribution is 5.86. The number of aliphatic hydroxyl groups is 1. The van der Waals surface area contributed by atoms with Crippen LogP contribution in [-0.4, -0.2) is 17.1 Å².